The van der Waals surface area contributed by atoms with E-state index in [0.29, 0.717) is 0 Å². The number of carboxylic acids is 1. The lowest BCUT2D eigenvalue weighted by Crippen LogP contribution is -2.43. The summed E-state index contributed by atoms with van der Waals surface area (Å²) in [6, 6.07) is 8.03. The number of likely N-dealkylation sites (tertiary alicyclic amines) is 1. The molecular formula is C14H19NO2. The Kier molecular flexibility index (Phi) is 3.79. The van der Waals surface area contributed by atoms with E-state index in [-0.39, 0.29) is 6.04 Å². The Morgan fingerprint density at radius 3 is 2.71 bits per heavy atom. The third kappa shape index (κ3) is 3.07. The highest BCUT2D eigenvalue weighted by Crippen LogP contribution is 2.20. The second-order valence-electron chi connectivity index (χ2n) is 4.81. The van der Waals surface area contributed by atoms with Gasteiger partial charge in [-0.3, -0.25) is 9.69 Å². The van der Waals surface area contributed by atoms with Gasteiger partial charge in [0, 0.05) is 6.54 Å². The first-order valence-corrected chi connectivity index (χ1v) is 6.19. The second kappa shape index (κ2) is 5.32. The Hall–Kier alpha value is -1.35. The van der Waals surface area contributed by atoms with Gasteiger partial charge in [0.2, 0.25) is 0 Å². The first-order chi connectivity index (χ1) is 8.16. The van der Waals surface area contributed by atoms with Gasteiger partial charge in [-0.1, -0.05) is 36.2 Å². The number of piperidine rings is 1. The summed E-state index contributed by atoms with van der Waals surface area (Å²) >= 11 is 0. The zero-order chi connectivity index (χ0) is 12.3. The van der Waals surface area contributed by atoms with Crippen LogP contribution in [0.3, 0.4) is 0 Å². The predicted molar refractivity (Wildman–Crippen MR) is 66.9 cm³/mol. The maximum atomic E-state index is 11.2. The fraction of sp³-hybridized carbons (Fsp3) is 0.500. The van der Waals surface area contributed by atoms with Gasteiger partial charge in [0.1, 0.15) is 6.04 Å². The summed E-state index contributed by atoms with van der Waals surface area (Å²) in [6.45, 7) is 3.70. The molecule has 0 saturated carbocycles. The molecule has 1 saturated heterocycles. The topological polar surface area (TPSA) is 40.5 Å². The monoisotopic (exact) mass is 233 g/mol. The molecule has 1 fully saturated rings. The van der Waals surface area contributed by atoms with Crippen molar-refractivity contribution < 1.29 is 9.90 Å². The number of rotatable bonds is 3. The van der Waals surface area contributed by atoms with Crippen molar-refractivity contribution in [2.75, 3.05) is 6.54 Å². The van der Waals surface area contributed by atoms with Crippen LogP contribution in [0.4, 0.5) is 0 Å². The van der Waals surface area contributed by atoms with E-state index in [4.69, 9.17) is 0 Å². The molecule has 1 aliphatic heterocycles. The van der Waals surface area contributed by atoms with Crippen molar-refractivity contribution in [2.24, 2.45) is 0 Å². The van der Waals surface area contributed by atoms with Crippen LogP contribution in [-0.2, 0) is 11.3 Å². The van der Waals surface area contributed by atoms with Gasteiger partial charge in [-0.2, -0.15) is 0 Å². The van der Waals surface area contributed by atoms with Gasteiger partial charge < -0.3 is 5.11 Å². The largest absolute Gasteiger partial charge is 0.480 e. The Morgan fingerprint density at radius 1 is 1.35 bits per heavy atom. The van der Waals surface area contributed by atoms with E-state index in [0.717, 1.165) is 32.4 Å². The van der Waals surface area contributed by atoms with Crippen molar-refractivity contribution in [1.82, 2.24) is 4.90 Å². The van der Waals surface area contributed by atoms with Crippen molar-refractivity contribution in [2.45, 2.75) is 38.8 Å². The van der Waals surface area contributed by atoms with Crippen molar-refractivity contribution in [3.63, 3.8) is 0 Å². The average Bonchev–Trinajstić information content (AvgIpc) is 2.32. The third-order valence-electron chi connectivity index (χ3n) is 3.40. The lowest BCUT2D eigenvalue weighted by atomic mass is 10.0. The molecule has 3 nitrogen and oxygen atoms in total. The summed E-state index contributed by atoms with van der Waals surface area (Å²) in [7, 11) is 0. The van der Waals surface area contributed by atoms with Gasteiger partial charge in [0.15, 0.2) is 0 Å². The summed E-state index contributed by atoms with van der Waals surface area (Å²) in [4.78, 5) is 13.2. The van der Waals surface area contributed by atoms with Gasteiger partial charge in [-0.05, 0) is 31.9 Å². The molecule has 0 aromatic heterocycles. The highest BCUT2D eigenvalue weighted by atomic mass is 16.4. The number of hydrogen-bond donors (Lipinski definition) is 1. The lowest BCUT2D eigenvalue weighted by Gasteiger charge is -2.32. The second-order valence-corrected chi connectivity index (χ2v) is 4.81. The maximum absolute atomic E-state index is 11.2. The van der Waals surface area contributed by atoms with Crippen LogP contribution in [0.1, 0.15) is 30.4 Å². The molecule has 1 atom stereocenters. The van der Waals surface area contributed by atoms with E-state index in [1.54, 1.807) is 0 Å². The molecule has 92 valence electrons. The highest BCUT2D eigenvalue weighted by molar-refractivity contribution is 5.73. The third-order valence-corrected chi connectivity index (χ3v) is 3.40. The number of aryl methyl sites for hydroxylation is 1. The number of hydrogen-bond acceptors (Lipinski definition) is 2. The maximum Gasteiger partial charge on any atom is 0.320 e. The summed E-state index contributed by atoms with van der Waals surface area (Å²) < 4.78 is 0. The highest BCUT2D eigenvalue weighted by Gasteiger charge is 2.27. The van der Waals surface area contributed by atoms with Crippen molar-refractivity contribution in [3.05, 3.63) is 35.4 Å². The first-order valence-electron chi connectivity index (χ1n) is 6.19. The van der Waals surface area contributed by atoms with Crippen LogP contribution in [0.2, 0.25) is 0 Å². The molecule has 0 spiro atoms. The molecule has 1 N–H and O–H groups in total. The minimum atomic E-state index is -0.684. The van der Waals surface area contributed by atoms with E-state index >= 15 is 0 Å². The number of carbonyl (C=O) groups is 1. The van der Waals surface area contributed by atoms with E-state index in [9.17, 15) is 9.90 Å². The molecule has 2 rings (SSSR count). The fourth-order valence-corrected chi connectivity index (χ4v) is 2.39. The van der Waals surface area contributed by atoms with Crippen LogP contribution in [0.15, 0.2) is 24.3 Å². The van der Waals surface area contributed by atoms with Crippen LogP contribution >= 0.6 is 0 Å². The average molecular weight is 233 g/mol. The van der Waals surface area contributed by atoms with Gasteiger partial charge in [-0.15, -0.1) is 0 Å². The van der Waals surface area contributed by atoms with E-state index in [1.165, 1.54) is 11.1 Å². The van der Waals surface area contributed by atoms with Gasteiger partial charge in [-0.25, -0.2) is 0 Å². The number of nitrogens with zero attached hydrogens (tertiary/aromatic N) is 1. The van der Waals surface area contributed by atoms with Gasteiger partial charge in [0.05, 0.1) is 0 Å². The molecular weight excluding hydrogens is 214 g/mol. The smallest absolute Gasteiger partial charge is 0.320 e. The number of aliphatic carboxylic acids is 1. The van der Waals surface area contributed by atoms with Crippen LogP contribution in [0.5, 0.6) is 0 Å². The van der Waals surface area contributed by atoms with Crippen LogP contribution in [0, 0.1) is 6.92 Å². The molecule has 17 heavy (non-hydrogen) atoms. The molecule has 1 aromatic rings. The van der Waals surface area contributed by atoms with E-state index < -0.39 is 5.97 Å². The Morgan fingerprint density at radius 2 is 2.06 bits per heavy atom. The van der Waals surface area contributed by atoms with Crippen LogP contribution in [0.25, 0.3) is 0 Å². The molecule has 0 amide bonds. The minimum absolute atomic E-state index is 0.301. The normalized spacial score (nSPS) is 21.4. The molecule has 3 heteroatoms. The molecule has 1 aromatic carbocycles. The quantitative estimate of drug-likeness (QED) is 0.871. The predicted octanol–water partition coefficient (Wildman–Crippen LogP) is 2.43. The zero-order valence-corrected chi connectivity index (χ0v) is 10.2. The number of benzene rings is 1. The molecule has 1 heterocycles. The van der Waals surface area contributed by atoms with Crippen molar-refractivity contribution >= 4 is 5.97 Å². The minimum Gasteiger partial charge on any atom is -0.480 e. The molecule has 0 bridgehead atoms. The fourth-order valence-electron chi connectivity index (χ4n) is 2.39. The lowest BCUT2D eigenvalue weighted by molar-refractivity contribution is -0.144. The van der Waals surface area contributed by atoms with E-state index in [2.05, 4.69) is 36.1 Å². The Labute approximate surface area is 102 Å². The zero-order valence-electron chi connectivity index (χ0n) is 10.2. The molecule has 0 aliphatic carbocycles. The summed E-state index contributed by atoms with van der Waals surface area (Å²) in [6.07, 6.45) is 2.91. The van der Waals surface area contributed by atoms with Crippen LogP contribution < -0.4 is 0 Å². The van der Waals surface area contributed by atoms with E-state index in [1.807, 2.05) is 0 Å². The molecule has 0 radical (unpaired) electrons. The van der Waals surface area contributed by atoms with Crippen molar-refractivity contribution in [1.29, 1.82) is 0 Å². The standard InChI is InChI=1S/C14H19NO2/c1-11-5-7-12(8-6-11)10-15-9-3-2-4-13(15)14(16)17/h5-8,13H,2-4,9-10H2,1H3,(H,16,17)/t13-/m0/s1. The Balaban J connectivity index is 2.05. The van der Waals surface area contributed by atoms with Gasteiger partial charge in [0.25, 0.3) is 0 Å². The number of carboxylic acid groups (broad SMARTS) is 1. The first kappa shape index (κ1) is 12.1. The van der Waals surface area contributed by atoms with Crippen molar-refractivity contribution in [3.8, 4) is 0 Å². The van der Waals surface area contributed by atoms with Crippen LogP contribution in [-0.4, -0.2) is 28.6 Å². The van der Waals surface area contributed by atoms with Gasteiger partial charge >= 0.3 is 5.97 Å². The summed E-state index contributed by atoms with van der Waals surface area (Å²) in [5, 5.41) is 9.19. The SMILES string of the molecule is Cc1ccc(CN2CCCC[C@H]2C(=O)O)cc1. The molecule has 1 aliphatic rings. The molecule has 0 unspecified atom stereocenters. The summed E-state index contributed by atoms with van der Waals surface area (Å²) in [5.41, 5.74) is 2.44. The summed E-state index contributed by atoms with van der Waals surface area (Å²) in [5.74, 6) is -0.684. The Bertz CT molecular complexity index is 386.